The third kappa shape index (κ3) is 5.15. The first-order chi connectivity index (χ1) is 6.19. The van der Waals surface area contributed by atoms with Crippen LogP contribution in [0.4, 0.5) is 0 Å². The van der Waals surface area contributed by atoms with E-state index in [1.807, 2.05) is 0 Å². The van der Waals surface area contributed by atoms with Gasteiger partial charge in [-0.2, -0.15) is 0 Å². The summed E-state index contributed by atoms with van der Waals surface area (Å²) in [4.78, 5) is 0. The van der Waals surface area contributed by atoms with Crippen molar-refractivity contribution >= 4 is 7.92 Å². The van der Waals surface area contributed by atoms with Crippen LogP contribution < -0.4 is 0 Å². The van der Waals surface area contributed by atoms with Crippen LogP contribution in [0.1, 0.15) is 54.9 Å². The summed E-state index contributed by atoms with van der Waals surface area (Å²) < 4.78 is 0. The fourth-order valence-electron chi connectivity index (χ4n) is 1.90. The number of hydrogen-bond donors (Lipinski definition) is 0. The van der Waals surface area contributed by atoms with Gasteiger partial charge in [-0.1, -0.05) is 68.5 Å². The molecule has 0 nitrogen and oxygen atoms in total. The summed E-state index contributed by atoms with van der Waals surface area (Å²) in [7, 11) is 0.0588. The molecule has 14 heavy (non-hydrogen) atoms. The minimum absolute atomic E-state index is 0.0588. The molecule has 0 aliphatic rings. The standard InChI is InChI=1S/C13H27P/c1-8-9-10-11-14(12(2,3)4)13(5,6)7/h9-10H,8,11H2,1-7H3. The van der Waals surface area contributed by atoms with Gasteiger partial charge in [0.05, 0.1) is 0 Å². The van der Waals surface area contributed by atoms with E-state index in [4.69, 9.17) is 0 Å². The van der Waals surface area contributed by atoms with Crippen molar-refractivity contribution in [3.8, 4) is 0 Å². The molecule has 0 atom stereocenters. The van der Waals surface area contributed by atoms with Gasteiger partial charge in [0, 0.05) is 0 Å². The Kier molecular flexibility index (Phi) is 5.37. The Morgan fingerprint density at radius 2 is 1.29 bits per heavy atom. The van der Waals surface area contributed by atoms with E-state index in [1.54, 1.807) is 0 Å². The van der Waals surface area contributed by atoms with Crippen molar-refractivity contribution in [3.05, 3.63) is 12.2 Å². The first-order valence-corrected chi connectivity index (χ1v) is 7.15. The first kappa shape index (κ1) is 14.2. The zero-order valence-corrected chi connectivity index (χ0v) is 11.9. The van der Waals surface area contributed by atoms with Crippen LogP contribution in [0.2, 0.25) is 0 Å². The predicted molar refractivity (Wildman–Crippen MR) is 70.7 cm³/mol. The lowest BCUT2D eigenvalue weighted by molar-refractivity contribution is 0.707. The van der Waals surface area contributed by atoms with Crippen molar-refractivity contribution in [2.24, 2.45) is 0 Å². The fourth-order valence-corrected chi connectivity index (χ4v) is 5.37. The number of rotatable bonds is 3. The van der Waals surface area contributed by atoms with Crippen LogP contribution in [-0.2, 0) is 0 Å². The topological polar surface area (TPSA) is 0 Å². The molecular formula is C13H27P. The summed E-state index contributed by atoms with van der Waals surface area (Å²) >= 11 is 0. The van der Waals surface area contributed by atoms with Crippen LogP contribution in [0.25, 0.3) is 0 Å². The highest BCUT2D eigenvalue weighted by Crippen LogP contribution is 2.59. The van der Waals surface area contributed by atoms with Gasteiger partial charge in [0.2, 0.25) is 0 Å². The monoisotopic (exact) mass is 214 g/mol. The summed E-state index contributed by atoms with van der Waals surface area (Å²) in [5.41, 5.74) is 0. The van der Waals surface area contributed by atoms with Gasteiger partial charge >= 0.3 is 0 Å². The van der Waals surface area contributed by atoms with Crippen LogP contribution in [0, 0.1) is 0 Å². The predicted octanol–water partition coefficient (Wildman–Crippen LogP) is 5.03. The van der Waals surface area contributed by atoms with Crippen molar-refractivity contribution in [1.82, 2.24) is 0 Å². The van der Waals surface area contributed by atoms with Gasteiger partial charge in [-0.15, -0.1) is 0 Å². The molecule has 0 saturated heterocycles. The molecule has 0 unspecified atom stereocenters. The Bertz CT molecular complexity index is 164. The highest BCUT2D eigenvalue weighted by molar-refractivity contribution is 7.61. The smallest absolute Gasteiger partial charge is 0.0135 e. The van der Waals surface area contributed by atoms with Crippen molar-refractivity contribution < 1.29 is 0 Å². The number of hydrogen-bond acceptors (Lipinski definition) is 0. The maximum atomic E-state index is 2.38. The maximum absolute atomic E-state index is 2.38. The molecule has 1 heteroatoms. The molecule has 0 saturated carbocycles. The minimum atomic E-state index is 0.0588. The second-order valence-corrected chi connectivity index (χ2v) is 9.74. The lowest BCUT2D eigenvalue weighted by atomic mass is 10.2. The van der Waals surface area contributed by atoms with E-state index < -0.39 is 0 Å². The fraction of sp³-hybridized carbons (Fsp3) is 0.846. The summed E-state index contributed by atoms with van der Waals surface area (Å²) in [5.74, 6) is 0. The van der Waals surface area contributed by atoms with E-state index in [9.17, 15) is 0 Å². The summed E-state index contributed by atoms with van der Waals surface area (Å²) in [5, 5.41) is 0.928. The second-order valence-electron chi connectivity index (χ2n) is 5.83. The Hall–Kier alpha value is 0.170. The van der Waals surface area contributed by atoms with Crippen LogP contribution in [-0.4, -0.2) is 16.5 Å². The van der Waals surface area contributed by atoms with Crippen LogP contribution >= 0.6 is 7.92 Å². The van der Waals surface area contributed by atoms with E-state index in [2.05, 4.69) is 60.6 Å². The van der Waals surface area contributed by atoms with Gasteiger partial charge in [-0.05, 0) is 22.9 Å². The Balaban J connectivity index is 4.51. The average molecular weight is 214 g/mol. The highest BCUT2D eigenvalue weighted by Gasteiger charge is 2.32. The molecule has 0 aromatic carbocycles. The molecule has 0 N–H and O–H groups in total. The third-order valence-electron chi connectivity index (χ3n) is 2.31. The molecule has 84 valence electrons. The summed E-state index contributed by atoms with van der Waals surface area (Å²) in [6, 6.07) is 0. The molecule has 0 heterocycles. The van der Waals surface area contributed by atoms with Crippen LogP contribution in [0.3, 0.4) is 0 Å². The van der Waals surface area contributed by atoms with E-state index in [-0.39, 0.29) is 7.92 Å². The Morgan fingerprint density at radius 3 is 1.57 bits per heavy atom. The minimum Gasteiger partial charge on any atom is -0.0918 e. The molecule has 0 spiro atoms. The first-order valence-electron chi connectivity index (χ1n) is 5.62. The van der Waals surface area contributed by atoms with Gasteiger partial charge in [0.15, 0.2) is 0 Å². The summed E-state index contributed by atoms with van der Waals surface area (Å²) in [6.07, 6.45) is 7.11. The molecular weight excluding hydrogens is 187 g/mol. The van der Waals surface area contributed by atoms with E-state index in [0.717, 1.165) is 6.42 Å². The average Bonchev–Trinajstić information content (AvgIpc) is 1.92. The Labute approximate surface area is 91.9 Å². The molecule has 0 radical (unpaired) electrons. The molecule has 0 bridgehead atoms. The number of allylic oxidation sites excluding steroid dienone is 2. The molecule has 0 fully saturated rings. The van der Waals surface area contributed by atoms with E-state index in [0.29, 0.717) is 10.3 Å². The maximum Gasteiger partial charge on any atom is -0.0135 e. The zero-order valence-electron chi connectivity index (χ0n) is 11.0. The van der Waals surface area contributed by atoms with Crippen molar-refractivity contribution in [1.29, 1.82) is 0 Å². The molecule has 0 rings (SSSR count). The van der Waals surface area contributed by atoms with Crippen molar-refractivity contribution in [2.45, 2.75) is 65.2 Å². The molecule has 0 aliphatic heterocycles. The normalized spacial score (nSPS) is 14.3. The lowest BCUT2D eigenvalue weighted by Gasteiger charge is -2.41. The van der Waals surface area contributed by atoms with Crippen LogP contribution in [0.15, 0.2) is 12.2 Å². The molecule has 0 aromatic rings. The summed E-state index contributed by atoms with van der Waals surface area (Å²) in [6.45, 7) is 16.5. The van der Waals surface area contributed by atoms with Gasteiger partial charge in [-0.3, -0.25) is 0 Å². The molecule has 0 amide bonds. The Morgan fingerprint density at radius 1 is 0.857 bits per heavy atom. The van der Waals surface area contributed by atoms with Gasteiger partial charge < -0.3 is 0 Å². The SMILES string of the molecule is CCC=CCP(C(C)(C)C)C(C)(C)C. The quantitative estimate of drug-likeness (QED) is 0.456. The second kappa shape index (κ2) is 5.31. The van der Waals surface area contributed by atoms with Gasteiger partial charge in [0.25, 0.3) is 0 Å². The van der Waals surface area contributed by atoms with Gasteiger partial charge in [-0.25, -0.2) is 0 Å². The largest absolute Gasteiger partial charge is 0.0918 e. The molecule has 0 aromatic heterocycles. The van der Waals surface area contributed by atoms with E-state index >= 15 is 0 Å². The zero-order chi connectivity index (χ0) is 11.4. The third-order valence-corrected chi connectivity index (χ3v) is 6.12. The van der Waals surface area contributed by atoms with Crippen LogP contribution in [0.5, 0.6) is 0 Å². The van der Waals surface area contributed by atoms with Crippen molar-refractivity contribution in [3.63, 3.8) is 0 Å². The van der Waals surface area contributed by atoms with Gasteiger partial charge in [0.1, 0.15) is 0 Å². The molecule has 0 aliphatic carbocycles. The van der Waals surface area contributed by atoms with E-state index in [1.165, 1.54) is 6.16 Å². The highest BCUT2D eigenvalue weighted by atomic mass is 31.1. The van der Waals surface area contributed by atoms with Crippen molar-refractivity contribution in [2.75, 3.05) is 6.16 Å². The lowest BCUT2D eigenvalue weighted by Crippen LogP contribution is -2.26.